The summed E-state index contributed by atoms with van der Waals surface area (Å²) in [4.78, 5) is 0. The topological polar surface area (TPSA) is 12.0 Å². The molecule has 1 saturated carbocycles. The molecule has 0 aromatic heterocycles. The van der Waals surface area contributed by atoms with Crippen LogP contribution in [0, 0.1) is 0 Å². The molecule has 1 fully saturated rings. The van der Waals surface area contributed by atoms with Crippen LogP contribution in [0.3, 0.4) is 0 Å². The maximum absolute atomic E-state index is 3.47. The minimum atomic E-state index is 0.848. The van der Waals surface area contributed by atoms with Crippen molar-refractivity contribution in [3.8, 4) is 0 Å². The molecule has 0 radical (unpaired) electrons. The van der Waals surface area contributed by atoms with Crippen molar-refractivity contribution < 1.29 is 0 Å². The van der Waals surface area contributed by atoms with Crippen LogP contribution < -0.4 is 5.32 Å². The molecule has 0 saturated heterocycles. The maximum Gasteiger partial charge on any atom is 0.0208 e. The fourth-order valence-electron chi connectivity index (χ4n) is 3.19. The van der Waals surface area contributed by atoms with Gasteiger partial charge in [0, 0.05) is 6.54 Å². The smallest absolute Gasteiger partial charge is 0.0208 e. The van der Waals surface area contributed by atoms with Gasteiger partial charge in [-0.15, -0.1) is 0 Å². The fourth-order valence-corrected chi connectivity index (χ4v) is 3.19. The molecule has 3 rings (SSSR count). The standard InChI is InChI=1S/C15H21N/c1-2-4-12(5-3-1)14-7-6-13-8-9-16-11-15(13)10-14/h6-7,10,12,16H,1-5,8-9,11H2. The summed E-state index contributed by atoms with van der Waals surface area (Å²) in [5, 5.41) is 3.47. The molecule has 1 aliphatic heterocycles. The molecule has 86 valence electrons. The zero-order chi connectivity index (χ0) is 10.8. The Hall–Kier alpha value is -0.820. The second kappa shape index (κ2) is 4.58. The van der Waals surface area contributed by atoms with E-state index in [2.05, 4.69) is 23.5 Å². The highest BCUT2D eigenvalue weighted by Crippen LogP contribution is 2.33. The van der Waals surface area contributed by atoms with Crippen molar-refractivity contribution in [3.63, 3.8) is 0 Å². The molecule has 1 heteroatoms. The summed E-state index contributed by atoms with van der Waals surface area (Å²) in [5.41, 5.74) is 4.72. The van der Waals surface area contributed by atoms with E-state index >= 15 is 0 Å². The first-order chi connectivity index (χ1) is 7.93. The Morgan fingerprint density at radius 2 is 1.88 bits per heavy atom. The van der Waals surface area contributed by atoms with Crippen molar-refractivity contribution in [1.29, 1.82) is 0 Å². The summed E-state index contributed by atoms with van der Waals surface area (Å²) in [6.07, 6.45) is 8.34. The van der Waals surface area contributed by atoms with Crippen LogP contribution in [0.4, 0.5) is 0 Å². The van der Waals surface area contributed by atoms with E-state index in [0.29, 0.717) is 0 Å². The van der Waals surface area contributed by atoms with Crippen LogP contribution in [0.2, 0.25) is 0 Å². The predicted octanol–water partition coefficient (Wildman–Crippen LogP) is 3.38. The van der Waals surface area contributed by atoms with E-state index < -0.39 is 0 Å². The van der Waals surface area contributed by atoms with Crippen LogP contribution in [0.15, 0.2) is 18.2 Å². The van der Waals surface area contributed by atoms with Crippen molar-refractivity contribution in [2.75, 3.05) is 6.54 Å². The Labute approximate surface area is 98.3 Å². The molecule has 0 spiro atoms. The molecule has 16 heavy (non-hydrogen) atoms. The lowest BCUT2D eigenvalue weighted by atomic mass is 9.82. The molecule has 1 heterocycles. The molecule has 0 unspecified atom stereocenters. The largest absolute Gasteiger partial charge is 0.312 e. The van der Waals surface area contributed by atoms with Crippen LogP contribution >= 0.6 is 0 Å². The molecule has 0 bridgehead atoms. The van der Waals surface area contributed by atoms with E-state index in [0.717, 1.165) is 19.0 Å². The zero-order valence-corrected chi connectivity index (χ0v) is 9.97. The summed E-state index contributed by atoms with van der Waals surface area (Å²) < 4.78 is 0. The van der Waals surface area contributed by atoms with Gasteiger partial charge in [-0.3, -0.25) is 0 Å². The number of fused-ring (bicyclic) bond motifs is 1. The molecule has 1 aromatic carbocycles. The zero-order valence-electron chi connectivity index (χ0n) is 9.97. The van der Waals surface area contributed by atoms with Crippen LogP contribution in [0.1, 0.15) is 54.7 Å². The van der Waals surface area contributed by atoms with Gasteiger partial charge >= 0.3 is 0 Å². The van der Waals surface area contributed by atoms with Gasteiger partial charge in [0.1, 0.15) is 0 Å². The van der Waals surface area contributed by atoms with E-state index in [4.69, 9.17) is 0 Å². The fraction of sp³-hybridized carbons (Fsp3) is 0.600. The first-order valence-corrected chi connectivity index (χ1v) is 6.76. The van der Waals surface area contributed by atoms with E-state index in [-0.39, 0.29) is 0 Å². The van der Waals surface area contributed by atoms with Crippen molar-refractivity contribution in [2.24, 2.45) is 0 Å². The first-order valence-electron chi connectivity index (χ1n) is 6.76. The van der Waals surface area contributed by atoms with Crippen molar-refractivity contribution in [3.05, 3.63) is 34.9 Å². The van der Waals surface area contributed by atoms with E-state index in [1.54, 1.807) is 16.7 Å². The second-order valence-corrected chi connectivity index (χ2v) is 5.29. The molecule has 1 aliphatic carbocycles. The lowest BCUT2D eigenvalue weighted by Gasteiger charge is -2.24. The average molecular weight is 215 g/mol. The highest BCUT2D eigenvalue weighted by molar-refractivity contribution is 5.35. The van der Waals surface area contributed by atoms with E-state index in [1.807, 2.05) is 0 Å². The highest BCUT2D eigenvalue weighted by Gasteiger charge is 2.17. The Balaban J connectivity index is 1.84. The average Bonchev–Trinajstić information content (AvgIpc) is 2.39. The van der Waals surface area contributed by atoms with Crippen LogP contribution in [-0.2, 0) is 13.0 Å². The summed E-state index contributed by atoms with van der Waals surface area (Å²) in [5.74, 6) is 0.848. The normalized spacial score (nSPS) is 21.8. The minimum Gasteiger partial charge on any atom is -0.312 e. The van der Waals surface area contributed by atoms with Gasteiger partial charge in [-0.1, -0.05) is 37.5 Å². The molecule has 0 amide bonds. The number of hydrogen-bond donors (Lipinski definition) is 1. The van der Waals surface area contributed by atoms with Crippen molar-refractivity contribution in [2.45, 2.75) is 51.0 Å². The van der Waals surface area contributed by atoms with Crippen LogP contribution in [0.25, 0.3) is 0 Å². The van der Waals surface area contributed by atoms with Crippen molar-refractivity contribution in [1.82, 2.24) is 5.32 Å². The number of nitrogens with one attached hydrogen (secondary N) is 1. The van der Waals surface area contributed by atoms with Crippen LogP contribution in [0.5, 0.6) is 0 Å². The molecule has 2 aliphatic rings. The van der Waals surface area contributed by atoms with Gasteiger partial charge in [-0.2, -0.15) is 0 Å². The summed E-state index contributed by atoms with van der Waals surface area (Å²) in [6, 6.07) is 7.23. The SMILES string of the molecule is c1cc2c(cc1C1CCCCC1)CNCC2. The Bertz CT molecular complexity index is 364. The monoisotopic (exact) mass is 215 g/mol. The lowest BCUT2D eigenvalue weighted by Crippen LogP contribution is -2.23. The Morgan fingerprint density at radius 3 is 2.75 bits per heavy atom. The number of benzene rings is 1. The van der Waals surface area contributed by atoms with Gasteiger partial charge in [-0.25, -0.2) is 0 Å². The summed E-state index contributed by atoms with van der Waals surface area (Å²) in [6.45, 7) is 2.23. The minimum absolute atomic E-state index is 0.848. The maximum atomic E-state index is 3.47. The Morgan fingerprint density at radius 1 is 1.00 bits per heavy atom. The second-order valence-electron chi connectivity index (χ2n) is 5.29. The molecule has 1 aromatic rings. The van der Waals surface area contributed by atoms with Gasteiger partial charge in [0.25, 0.3) is 0 Å². The van der Waals surface area contributed by atoms with Gasteiger partial charge in [-0.05, 0) is 48.4 Å². The number of hydrogen-bond acceptors (Lipinski definition) is 1. The van der Waals surface area contributed by atoms with Crippen molar-refractivity contribution >= 4 is 0 Å². The molecular weight excluding hydrogens is 194 g/mol. The van der Waals surface area contributed by atoms with Gasteiger partial charge < -0.3 is 5.32 Å². The van der Waals surface area contributed by atoms with E-state index in [9.17, 15) is 0 Å². The van der Waals surface area contributed by atoms with Gasteiger partial charge in [0.2, 0.25) is 0 Å². The van der Waals surface area contributed by atoms with Gasteiger partial charge in [0.15, 0.2) is 0 Å². The highest BCUT2D eigenvalue weighted by atomic mass is 14.9. The Kier molecular flexibility index (Phi) is 2.96. The first kappa shape index (κ1) is 10.3. The summed E-state index contributed by atoms with van der Waals surface area (Å²) in [7, 11) is 0. The lowest BCUT2D eigenvalue weighted by molar-refractivity contribution is 0.443. The summed E-state index contributed by atoms with van der Waals surface area (Å²) >= 11 is 0. The molecule has 1 nitrogen and oxygen atoms in total. The third kappa shape index (κ3) is 2.01. The van der Waals surface area contributed by atoms with E-state index in [1.165, 1.54) is 38.5 Å². The third-order valence-corrected chi connectivity index (χ3v) is 4.19. The predicted molar refractivity (Wildman–Crippen MR) is 67.7 cm³/mol. The molecular formula is C15H21N. The van der Waals surface area contributed by atoms with Gasteiger partial charge in [0.05, 0.1) is 0 Å². The number of rotatable bonds is 1. The van der Waals surface area contributed by atoms with Crippen LogP contribution in [-0.4, -0.2) is 6.54 Å². The quantitative estimate of drug-likeness (QED) is 0.757. The molecule has 1 N–H and O–H groups in total. The third-order valence-electron chi connectivity index (χ3n) is 4.19. The molecule has 0 atom stereocenters.